The zero-order valence-electron chi connectivity index (χ0n) is 5.66. The zero-order valence-corrected chi connectivity index (χ0v) is 9.29. The van der Waals surface area contributed by atoms with E-state index in [1.54, 1.807) is 6.92 Å². The van der Waals surface area contributed by atoms with E-state index in [2.05, 4.69) is 4.37 Å². The fourth-order valence-electron chi connectivity index (χ4n) is 0.419. The molecular formula is C4H4NNaO2S2. The minimum absolute atomic E-state index is 0. The van der Waals surface area contributed by atoms with Gasteiger partial charge in [0.05, 0.1) is 9.90 Å². The van der Waals surface area contributed by atoms with E-state index >= 15 is 0 Å². The third-order valence-corrected chi connectivity index (χ3v) is 2.53. The van der Waals surface area contributed by atoms with Gasteiger partial charge in [0.2, 0.25) is 0 Å². The van der Waals surface area contributed by atoms with Crippen molar-refractivity contribution in [1.29, 1.82) is 0 Å². The van der Waals surface area contributed by atoms with Crippen molar-refractivity contribution >= 4 is 22.6 Å². The summed E-state index contributed by atoms with van der Waals surface area (Å²) in [5, 5.41) is 0. The average Bonchev–Trinajstić information content (AvgIpc) is 2.14. The van der Waals surface area contributed by atoms with E-state index in [1.165, 1.54) is 6.07 Å². The fourth-order valence-corrected chi connectivity index (χ4v) is 1.55. The molecule has 50 valence electrons. The van der Waals surface area contributed by atoms with Crippen molar-refractivity contribution in [2.24, 2.45) is 0 Å². The minimum Gasteiger partial charge on any atom is -0.768 e. The first kappa shape index (κ1) is 10.7. The van der Waals surface area contributed by atoms with Gasteiger partial charge >= 0.3 is 29.6 Å². The van der Waals surface area contributed by atoms with Gasteiger partial charge in [-0.25, -0.2) is 0 Å². The minimum atomic E-state index is -2.10. The maximum absolute atomic E-state index is 10.2. The normalized spacial score (nSPS) is 12.2. The summed E-state index contributed by atoms with van der Waals surface area (Å²) >= 11 is -1.11. The average molecular weight is 185 g/mol. The summed E-state index contributed by atoms with van der Waals surface area (Å²) in [5.74, 6) is 0. The van der Waals surface area contributed by atoms with Gasteiger partial charge < -0.3 is 4.55 Å². The molecule has 0 saturated heterocycles. The first-order valence-electron chi connectivity index (χ1n) is 2.23. The summed E-state index contributed by atoms with van der Waals surface area (Å²) in [4.78, 5) is 0. The van der Waals surface area contributed by atoms with Crippen LogP contribution in [-0.2, 0) is 11.1 Å². The van der Waals surface area contributed by atoms with E-state index in [0.29, 0.717) is 4.21 Å². The summed E-state index contributed by atoms with van der Waals surface area (Å²) < 4.78 is 24.5. The van der Waals surface area contributed by atoms with Gasteiger partial charge in [0, 0.05) is 0 Å². The number of aromatic nitrogens is 1. The SMILES string of the molecule is Cc1cc(S(=O)[O-])sn1.[Na+]. The van der Waals surface area contributed by atoms with E-state index in [4.69, 9.17) is 0 Å². The smallest absolute Gasteiger partial charge is 0.768 e. The van der Waals surface area contributed by atoms with Crippen molar-refractivity contribution in [2.75, 3.05) is 0 Å². The largest absolute Gasteiger partial charge is 1.00 e. The molecule has 1 aromatic heterocycles. The Balaban J connectivity index is 0.000000810. The Bertz CT molecular complexity index is 237. The van der Waals surface area contributed by atoms with Crippen LogP contribution >= 0.6 is 11.5 Å². The molecule has 0 amide bonds. The summed E-state index contributed by atoms with van der Waals surface area (Å²) in [5.41, 5.74) is 0.749. The van der Waals surface area contributed by atoms with Crippen LogP contribution in [0.3, 0.4) is 0 Å². The van der Waals surface area contributed by atoms with Crippen LogP contribution in [-0.4, -0.2) is 13.1 Å². The van der Waals surface area contributed by atoms with Crippen LogP contribution in [0.1, 0.15) is 5.69 Å². The van der Waals surface area contributed by atoms with Crippen LogP contribution in [0.15, 0.2) is 10.3 Å². The van der Waals surface area contributed by atoms with Gasteiger partial charge in [0.25, 0.3) is 0 Å². The summed E-state index contributed by atoms with van der Waals surface area (Å²) in [7, 11) is 0. The molecule has 0 N–H and O–H groups in total. The molecule has 1 heterocycles. The molecule has 6 heteroatoms. The molecule has 0 aromatic carbocycles. The standard InChI is InChI=1S/C4H5NO2S2.Na/c1-3-2-4(8-5-3)9(6)7;/h2H,1H3,(H,6,7);/q;+1/p-1. The van der Waals surface area contributed by atoms with Crippen LogP contribution in [0.5, 0.6) is 0 Å². The van der Waals surface area contributed by atoms with Crippen molar-refractivity contribution in [1.82, 2.24) is 4.37 Å². The molecule has 0 radical (unpaired) electrons. The molecule has 0 aliphatic rings. The quantitative estimate of drug-likeness (QED) is 0.365. The van der Waals surface area contributed by atoms with E-state index in [1.807, 2.05) is 0 Å². The van der Waals surface area contributed by atoms with Crippen molar-refractivity contribution in [3.8, 4) is 0 Å². The molecule has 0 saturated carbocycles. The Morgan fingerprint density at radius 1 is 1.80 bits per heavy atom. The van der Waals surface area contributed by atoms with Crippen molar-refractivity contribution in [2.45, 2.75) is 11.1 Å². The number of hydrogen-bond acceptors (Lipinski definition) is 4. The maximum atomic E-state index is 10.2. The van der Waals surface area contributed by atoms with Gasteiger partial charge in [-0.05, 0) is 35.6 Å². The molecule has 1 aromatic rings. The predicted octanol–water partition coefficient (Wildman–Crippen LogP) is -2.31. The van der Waals surface area contributed by atoms with E-state index in [-0.39, 0.29) is 29.6 Å². The molecule has 0 aliphatic heterocycles. The number of aryl methyl sites for hydroxylation is 1. The molecule has 1 atom stereocenters. The van der Waals surface area contributed by atoms with Crippen LogP contribution in [0.4, 0.5) is 0 Å². The number of nitrogens with zero attached hydrogens (tertiary/aromatic N) is 1. The Morgan fingerprint density at radius 2 is 2.40 bits per heavy atom. The number of rotatable bonds is 1. The van der Waals surface area contributed by atoms with Crippen molar-refractivity contribution in [3.05, 3.63) is 11.8 Å². The molecule has 0 aliphatic carbocycles. The Kier molecular flexibility index (Phi) is 4.92. The van der Waals surface area contributed by atoms with Crippen LogP contribution in [0.25, 0.3) is 0 Å². The fraction of sp³-hybridized carbons (Fsp3) is 0.250. The second-order valence-corrected chi connectivity index (χ2v) is 3.49. The molecule has 0 fully saturated rings. The maximum Gasteiger partial charge on any atom is 1.00 e. The van der Waals surface area contributed by atoms with Gasteiger partial charge in [0.1, 0.15) is 0 Å². The molecule has 1 unspecified atom stereocenters. The third kappa shape index (κ3) is 2.77. The molecule has 10 heavy (non-hydrogen) atoms. The van der Waals surface area contributed by atoms with E-state index < -0.39 is 11.1 Å². The summed E-state index contributed by atoms with van der Waals surface area (Å²) in [6.07, 6.45) is 0. The van der Waals surface area contributed by atoms with E-state index in [9.17, 15) is 8.76 Å². The van der Waals surface area contributed by atoms with Gasteiger partial charge in [-0.3, -0.25) is 4.21 Å². The second-order valence-electron chi connectivity index (χ2n) is 1.52. The van der Waals surface area contributed by atoms with Crippen LogP contribution in [0.2, 0.25) is 0 Å². The first-order valence-corrected chi connectivity index (χ1v) is 4.07. The van der Waals surface area contributed by atoms with Gasteiger partial charge in [0.15, 0.2) is 0 Å². The molecule has 0 spiro atoms. The summed E-state index contributed by atoms with van der Waals surface area (Å²) in [6, 6.07) is 1.54. The van der Waals surface area contributed by atoms with E-state index in [0.717, 1.165) is 17.2 Å². The summed E-state index contributed by atoms with van der Waals surface area (Å²) in [6.45, 7) is 1.76. The monoisotopic (exact) mass is 185 g/mol. The Hall–Kier alpha value is 0.740. The number of hydrogen-bond donors (Lipinski definition) is 0. The Labute approximate surface area is 87.6 Å². The topological polar surface area (TPSA) is 53.0 Å². The predicted molar refractivity (Wildman–Crippen MR) is 34.0 cm³/mol. The van der Waals surface area contributed by atoms with Gasteiger partial charge in [-0.2, -0.15) is 4.37 Å². The molecular weight excluding hydrogens is 181 g/mol. The second kappa shape index (κ2) is 4.58. The molecule has 1 rings (SSSR count). The van der Waals surface area contributed by atoms with Crippen LogP contribution in [0, 0.1) is 6.92 Å². The van der Waals surface area contributed by atoms with Crippen molar-refractivity contribution < 1.29 is 38.3 Å². The Morgan fingerprint density at radius 3 is 2.60 bits per heavy atom. The van der Waals surface area contributed by atoms with Gasteiger partial charge in [-0.15, -0.1) is 0 Å². The van der Waals surface area contributed by atoms with Crippen molar-refractivity contribution in [3.63, 3.8) is 0 Å². The molecule has 0 bridgehead atoms. The molecule has 3 nitrogen and oxygen atoms in total. The first-order chi connectivity index (χ1) is 4.20. The third-order valence-electron chi connectivity index (χ3n) is 0.771. The zero-order chi connectivity index (χ0) is 6.85. The van der Waals surface area contributed by atoms with Crippen LogP contribution < -0.4 is 29.6 Å². The van der Waals surface area contributed by atoms with Gasteiger partial charge in [-0.1, -0.05) is 0 Å².